The molecule has 0 aliphatic heterocycles. The van der Waals surface area contributed by atoms with Crippen molar-refractivity contribution in [1.82, 2.24) is 9.97 Å². The van der Waals surface area contributed by atoms with Gasteiger partial charge in [0.1, 0.15) is 6.61 Å². The highest BCUT2D eigenvalue weighted by Gasteiger charge is 2.00. The van der Waals surface area contributed by atoms with E-state index >= 15 is 0 Å². The quantitative estimate of drug-likeness (QED) is 0.733. The smallest absolute Gasteiger partial charge is 0.153 e. The summed E-state index contributed by atoms with van der Waals surface area (Å²) in [5.74, 6) is 1.10. The van der Waals surface area contributed by atoms with E-state index in [4.69, 9.17) is 5.11 Å². The van der Waals surface area contributed by atoms with Crippen LogP contribution in [-0.4, -0.2) is 15.1 Å². The van der Waals surface area contributed by atoms with E-state index in [0.29, 0.717) is 11.7 Å². The lowest BCUT2D eigenvalue weighted by molar-refractivity contribution is 0.270. The van der Waals surface area contributed by atoms with Gasteiger partial charge in [-0.3, -0.25) is 0 Å². The molecule has 0 spiro atoms. The van der Waals surface area contributed by atoms with Crippen LogP contribution in [0.5, 0.6) is 0 Å². The van der Waals surface area contributed by atoms with Crippen LogP contribution in [0.4, 0.5) is 0 Å². The highest BCUT2D eigenvalue weighted by Crippen LogP contribution is 2.04. The lowest BCUT2D eigenvalue weighted by Gasteiger charge is -2.03. The molecule has 1 aromatic heterocycles. The summed E-state index contributed by atoms with van der Waals surface area (Å²) in [4.78, 5) is 8.07. The molecule has 0 bridgehead atoms. The Morgan fingerprint density at radius 3 is 2.83 bits per heavy atom. The zero-order chi connectivity index (χ0) is 8.97. The fourth-order valence-corrected chi connectivity index (χ4v) is 1.05. The first-order valence-corrected chi connectivity index (χ1v) is 4.14. The summed E-state index contributed by atoms with van der Waals surface area (Å²) < 4.78 is 0. The van der Waals surface area contributed by atoms with E-state index < -0.39 is 0 Å². The summed E-state index contributed by atoms with van der Waals surface area (Å²) >= 11 is 0. The predicted molar refractivity (Wildman–Crippen MR) is 46.5 cm³/mol. The fraction of sp³-hybridized carbons (Fsp3) is 0.556. The van der Waals surface area contributed by atoms with Gasteiger partial charge in [0, 0.05) is 11.9 Å². The third-order valence-electron chi connectivity index (χ3n) is 1.52. The maximum absolute atomic E-state index is 8.77. The summed E-state index contributed by atoms with van der Waals surface area (Å²) in [5, 5.41) is 8.77. The fourth-order valence-electron chi connectivity index (χ4n) is 1.05. The molecule has 3 heteroatoms. The van der Waals surface area contributed by atoms with Crippen molar-refractivity contribution in [2.75, 3.05) is 0 Å². The van der Waals surface area contributed by atoms with Gasteiger partial charge in [0.2, 0.25) is 0 Å². The molecule has 0 aliphatic rings. The molecule has 1 rings (SSSR count). The molecular weight excluding hydrogens is 152 g/mol. The van der Waals surface area contributed by atoms with Crippen molar-refractivity contribution in [3.63, 3.8) is 0 Å². The molecule has 0 amide bonds. The SMILES string of the molecule is CC(C)Cc1ccnc(CO)n1. The van der Waals surface area contributed by atoms with Crippen LogP contribution in [-0.2, 0) is 13.0 Å². The molecule has 0 radical (unpaired) electrons. The Labute approximate surface area is 72.5 Å². The van der Waals surface area contributed by atoms with Crippen molar-refractivity contribution in [1.29, 1.82) is 0 Å². The summed E-state index contributed by atoms with van der Waals surface area (Å²) in [5.41, 5.74) is 1.00. The van der Waals surface area contributed by atoms with Gasteiger partial charge in [-0.25, -0.2) is 9.97 Å². The first kappa shape index (κ1) is 9.13. The minimum Gasteiger partial charge on any atom is -0.388 e. The van der Waals surface area contributed by atoms with Crippen molar-refractivity contribution in [2.45, 2.75) is 26.9 Å². The third-order valence-corrected chi connectivity index (χ3v) is 1.52. The average Bonchev–Trinajstić information content (AvgIpc) is 2.03. The van der Waals surface area contributed by atoms with E-state index in [-0.39, 0.29) is 6.61 Å². The largest absolute Gasteiger partial charge is 0.388 e. The second-order valence-corrected chi connectivity index (χ2v) is 3.22. The second-order valence-electron chi connectivity index (χ2n) is 3.22. The van der Waals surface area contributed by atoms with Crippen LogP contribution in [0.25, 0.3) is 0 Å². The van der Waals surface area contributed by atoms with Gasteiger partial charge in [-0.05, 0) is 18.4 Å². The molecule has 0 fully saturated rings. The maximum atomic E-state index is 8.77. The van der Waals surface area contributed by atoms with Gasteiger partial charge in [0.05, 0.1) is 0 Å². The van der Waals surface area contributed by atoms with Gasteiger partial charge in [0.15, 0.2) is 5.82 Å². The number of hydrogen-bond donors (Lipinski definition) is 1. The van der Waals surface area contributed by atoms with Crippen LogP contribution >= 0.6 is 0 Å². The van der Waals surface area contributed by atoms with Crippen LogP contribution in [0.1, 0.15) is 25.4 Å². The van der Waals surface area contributed by atoms with Gasteiger partial charge < -0.3 is 5.11 Å². The number of rotatable bonds is 3. The standard InChI is InChI=1S/C9H14N2O/c1-7(2)5-8-3-4-10-9(6-12)11-8/h3-4,7,12H,5-6H2,1-2H3. The van der Waals surface area contributed by atoms with Crippen LogP contribution in [0, 0.1) is 5.92 Å². The molecule has 0 unspecified atom stereocenters. The molecule has 3 nitrogen and oxygen atoms in total. The lowest BCUT2D eigenvalue weighted by Crippen LogP contribution is -2.01. The normalized spacial score (nSPS) is 10.7. The molecule has 66 valence electrons. The Morgan fingerprint density at radius 2 is 2.25 bits per heavy atom. The van der Waals surface area contributed by atoms with Gasteiger partial charge in [0.25, 0.3) is 0 Å². The lowest BCUT2D eigenvalue weighted by atomic mass is 10.1. The number of aliphatic hydroxyl groups is 1. The topological polar surface area (TPSA) is 46.0 Å². The molecule has 0 saturated carbocycles. The molecule has 0 saturated heterocycles. The molecule has 1 heterocycles. The Hall–Kier alpha value is -0.960. The molecule has 1 aromatic rings. The Kier molecular flexibility index (Phi) is 3.17. The molecule has 0 aromatic carbocycles. The molecule has 12 heavy (non-hydrogen) atoms. The molecule has 1 N–H and O–H groups in total. The second kappa shape index (κ2) is 4.16. The molecule has 0 aliphatic carbocycles. The van der Waals surface area contributed by atoms with Crippen LogP contribution in [0.15, 0.2) is 12.3 Å². The first-order valence-electron chi connectivity index (χ1n) is 4.14. The summed E-state index contributed by atoms with van der Waals surface area (Å²) in [6, 6.07) is 1.89. The number of aromatic nitrogens is 2. The maximum Gasteiger partial charge on any atom is 0.153 e. The highest BCUT2D eigenvalue weighted by molar-refractivity contribution is 5.02. The molecular formula is C9H14N2O. The van der Waals surface area contributed by atoms with E-state index in [1.807, 2.05) is 6.07 Å². The summed E-state index contributed by atoms with van der Waals surface area (Å²) in [6.07, 6.45) is 2.63. The minimum absolute atomic E-state index is 0.0774. The van der Waals surface area contributed by atoms with Gasteiger partial charge in [-0.2, -0.15) is 0 Å². The Morgan fingerprint density at radius 1 is 1.50 bits per heavy atom. The Balaban J connectivity index is 2.72. The van der Waals surface area contributed by atoms with Crippen LogP contribution in [0.3, 0.4) is 0 Å². The number of nitrogens with zero attached hydrogens (tertiary/aromatic N) is 2. The van der Waals surface area contributed by atoms with E-state index in [2.05, 4.69) is 23.8 Å². The third kappa shape index (κ3) is 2.58. The van der Waals surface area contributed by atoms with Gasteiger partial charge in [-0.15, -0.1) is 0 Å². The van der Waals surface area contributed by atoms with E-state index in [1.54, 1.807) is 6.20 Å². The van der Waals surface area contributed by atoms with Crippen molar-refractivity contribution in [3.05, 3.63) is 23.8 Å². The first-order chi connectivity index (χ1) is 5.72. The summed E-state index contributed by atoms with van der Waals surface area (Å²) in [6.45, 7) is 4.20. The van der Waals surface area contributed by atoms with E-state index in [0.717, 1.165) is 12.1 Å². The minimum atomic E-state index is -0.0774. The average molecular weight is 166 g/mol. The van der Waals surface area contributed by atoms with Gasteiger partial charge in [-0.1, -0.05) is 13.8 Å². The summed E-state index contributed by atoms with van der Waals surface area (Å²) in [7, 11) is 0. The zero-order valence-corrected chi connectivity index (χ0v) is 7.49. The van der Waals surface area contributed by atoms with Gasteiger partial charge >= 0.3 is 0 Å². The van der Waals surface area contributed by atoms with E-state index in [1.165, 1.54) is 0 Å². The highest BCUT2D eigenvalue weighted by atomic mass is 16.3. The molecule has 0 atom stereocenters. The van der Waals surface area contributed by atoms with Crippen molar-refractivity contribution < 1.29 is 5.11 Å². The van der Waals surface area contributed by atoms with Crippen molar-refractivity contribution >= 4 is 0 Å². The van der Waals surface area contributed by atoms with Crippen LogP contribution in [0.2, 0.25) is 0 Å². The van der Waals surface area contributed by atoms with Crippen LogP contribution < -0.4 is 0 Å². The Bertz CT molecular complexity index is 248. The zero-order valence-electron chi connectivity index (χ0n) is 7.49. The van der Waals surface area contributed by atoms with E-state index in [9.17, 15) is 0 Å². The van der Waals surface area contributed by atoms with Crippen molar-refractivity contribution in [3.8, 4) is 0 Å². The number of hydrogen-bond acceptors (Lipinski definition) is 3. The monoisotopic (exact) mass is 166 g/mol. The van der Waals surface area contributed by atoms with Crippen molar-refractivity contribution in [2.24, 2.45) is 5.92 Å². The number of aliphatic hydroxyl groups excluding tert-OH is 1. The predicted octanol–water partition coefficient (Wildman–Crippen LogP) is 1.17.